The van der Waals surface area contributed by atoms with E-state index in [1.165, 1.54) is 12.1 Å². The Balaban J connectivity index is 0.00000441. The Bertz CT molecular complexity index is 472. The number of rotatable bonds is 9. The number of amides is 2. The molecule has 22 heavy (non-hydrogen) atoms. The van der Waals surface area contributed by atoms with Crippen molar-refractivity contribution >= 4 is 24.2 Å². The number of halogens is 2. The predicted molar refractivity (Wildman–Crippen MR) is 86.5 cm³/mol. The molecule has 1 aromatic rings. The van der Waals surface area contributed by atoms with Crippen LogP contribution in [0.5, 0.6) is 0 Å². The van der Waals surface area contributed by atoms with Gasteiger partial charge in [0.15, 0.2) is 0 Å². The molecular weight excluding hydrogens is 309 g/mol. The smallest absolute Gasteiger partial charge is 0.239 e. The molecular formula is C15H23ClFN3O2. The first kappa shape index (κ1) is 20.3. The highest BCUT2D eigenvalue weighted by atomic mass is 35.5. The molecule has 0 aliphatic carbocycles. The van der Waals surface area contributed by atoms with E-state index in [-0.39, 0.29) is 43.0 Å². The van der Waals surface area contributed by atoms with Gasteiger partial charge in [0.25, 0.3) is 0 Å². The average molecular weight is 332 g/mol. The monoisotopic (exact) mass is 331 g/mol. The zero-order valence-corrected chi connectivity index (χ0v) is 13.5. The number of benzene rings is 1. The summed E-state index contributed by atoms with van der Waals surface area (Å²) in [6.45, 7) is 4.15. The third-order valence-electron chi connectivity index (χ3n) is 2.75. The van der Waals surface area contributed by atoms with E-state index < -0.39 is 0 Å². The number of carbonyl (C=O) groups excluding carboxylic acids is 2. The molecule has 0 fully saturated rings. The fraction of sp³-hybridized carbons (Fsp3) is 0.467. The Morgan fingerprint density at radius 3 is 2.55 bits per heavy atom. The van der Waals surface area contributed by atoms with Gasteiger partial charge in [-0.15, -0.1) is 12.4 Å². The largest absolute Gasteiger partial charge is 0.353 e. The van der Waals surface area contributed by atoms with Crippen LogP contribution in [0.2, 0.25) is 0 Å². The lowest BCUT2D eigenvalue weighted by Crippen LogP contribution is -2.40. The first-order valence-electron chi connectivity index (χ1n) is 7.10. The van der Waals surface area contributed by atoms with E-state index in [0.29, 0.717) is 18.7 Å². The molecule has 5 nitrogen and oxygen atoms in total. The summed E-state index contributed by atoms with van der Waals surface area (Å²) < 4.78 is 13.0. The van der Waals surface area contributed by atoms with Gasteiger partial charge in [0.1, 0.15) is 5.82 Å². The molecule has 0 radical (unpaired) electrons. The highest BCUT2D eigenvalue weighted by Gasteiger charge is 2.06. The van der Waals surface area contributed by atoms with Crippen LogP contribution in [0, 0.1) is 5.82 Å². The molecule has 0 saturated heterocycles. The molecule has 7 heteroatoms. The predicted octanol–water partition coefficient (Wildman–Crippen LogP) is 1.02. The van der Waals surface area contributed by atoms with Gasteiger partial charge in [-0.25, -0.2) is 4.39 Å². The van der Waals surface area contributed by atoms with Crippen molar-refractivity contribution in [3.63, 3.8) is 0 Å². The van der Waals surface area contributed by atoms with Gasteiger partial charge in [-0.1, -0.05) is 19.1 Å². The summed E-state index contributed by atoms with van der Waals surface area (Å²) in [4.78, 5) is 23.1. The molecule has 0 aliphatic rings. The van der Waals surface area contributed by atoms with Crippen molar-refractivity contribution in [2.75, 3.05) is 26.2 Å². The van der Waals surface area contributed by atoms with E-state index in [1.807, 2.05) is 0 Å². The van der Waals surface area contributed by atoms with Gasteiger partial charge in [-0.05, 0) is 30.7 Å². The van der Waals surface area contributed by atoms with Crippen LogP contribution in [0.25, 0.3) is 0 Å². The van der Waals surface area contributed by atoms with Crippen molar-refractivity contribution in [2.24, 2.45) is 0 Å². The summed E-state index contributed by atoms with van der Waals surface area (Å²) in [6.07, 6.45) is 1.10. The summed E-state index contributed by atoms with van der Waals surface area (Å²) in [7, 11) is 0. The van der Waals surface area contributed by atoms with E-state index in [9.17, 15) is 14.0 Å². The minimum atomic E-state index is -0.377. The van der Waals surface area contributed by atoms with E-state index in [1.54, 1.807) is 12.1 Å². The van der Waals surface area contributed by atoms with Crippen molar-refractivity contribution in [1.82, 2.24) is 16.0 Å². The molecule has 0 unspecified atom stereocenters. The minimum Gasteiger partial charge on any atom is -0.353 e. The highest BCUT2D eigenvalue weighted by Crippen LogP contribution is 2.03. The van der Waals surface area contributed by atoms with Crippen LogP contribution >= 0.6 is 12.4 Å². The molecule has 1 aromatic carbocycles. The summed E-state index contributed by atoms with van der Waals surface area (Å²) in [5, 5.41) is 8.36. The summed E-state index contributed by atoms with van der Waals surface area (Å²) in [6, 6.07) is 5.84. The Hall–Kier alpha value is -1.66. The molecule has 0 atom stereocenters. The quantitative estimate of drug-likeness (QED) is 0.592. The van der Waals surface area contributed by atoms with Crippen LogP contribution in [0.15, 0.2) is 24.3 Å². The molecule has 0 bridgehead atoms. The van der Waals surface area contributed by atoms with Crippen LogP contribution in [-0.4, -0.2) is 38.0 Å². The first-order valence-corrected chi connectivity index (χ1v) is 7.10. The zero-order valence-electron chi connectivity index (χ0n) is 12.7. The molecule has 0 aromatic heterocycles. The van der Waals surface area contributed by atoms with Crippen molar-refractivity contribution in [3.05, 3.63) is 35.6 Å². The highest BCUT2D eigenvalue weighted by molar-refractivity contribution is 5.86. The normalized spacial score (nSPS) is 9.73. The maximum Gasteiger partial charge on any atom is 0.239 e. The minimum absolute atomic E-state index is 0. The molecule has 124 valence electrons. The van der Waals surface area contributed by atoms with Crippen molar-refractivity contribution < 1.29 is 14.0 Å². The third-order valence-corrected chi connectivity index (χ3v) is 2.75. The number of nitrogens with one attached hydrogen (secondary N) is 3. The number of carbonyl (C=O) groups is 2. The Labute approximate surface area is 136 Å². The van der Waals surface area contributed by atoms with Crippen molar-refractivity contribution in [2.45, 2.75) is 19.8 Å². The van der Waals surface area contributed by atoms with Crippen molar-refractivity contribution in [1.29, 1.82) is 0 Å². The lowest BCUT2D eigenvalue weighted by atomic mass is 10.1. The van der Waals surface area contributed by atoms with Crippen LogP contribution in [0.4, 0.5) is 4.39 Å². The fourth-order valence-corrected chi connectivity index (χ4v) is 1.73. The Morgan fingerprint density at radius 2 is 1.86 bits per heavy atom. The standard InChI is InChI=1S/C15H22FN3O2.ClH/c1-2-6-17-7-8-18-15(21)11-19-14(20)10-12-4-3-5-13(16)9-12;/h3-5,9,17H,2,6-8,10-11H2,1H3,(H,18,21)(H,19,20);1H. The molecule has 0 spiro atoms. The Morgan fingerprint density at radius 1 is 1.09 bits per heavy atom. The van der Waals surface area contributed by atoms with Gasteiger partial charge in [0, 0.05) is 13.1 Å². The fourth-order valence-electron chi connectivity index (χ4n) is 1.73. The summed E-state index contributed by atoms with van der Waals surface area (Å²) in [5.74, 6) is -0.918. The maximum absolute atomic E-state index is 13.0. The molecule has 0 heterocycles. The molecule has 3 N–H and O–H groups in total. The lowest BCUT2D eigenvalue weighted by molar-refractivity contribution is -0.125. The Kier molecular flexibility index (Phi) is 11.0. The van der Waals surface area contributed by atoms with Crippen LogP contribution < -0.4 is 16.0 Å². The second-order valence-corrected chi connectivity index (χ2v) is 4.68. The molecule has 0 saturated carbocycles. The lowest BCUT2D eigenvalue weighted by Gasteiger charge is -2.07. The average Bonchev–Trinajstić information content (AvgIpc) is 2.45. The van der Waals surface area contributed by atoms with E-state index >= 15 is 0 Å². The molecule has 1 rings (SSSR count). The van der Waals surface area contributed by atoms with Crippen LogP contribution in [-0.2, 0) is 16.0 Å². The summed E-state index contributed by atoms with van der Waals surface area (Å²) >= 11 is 0. The molecule has 2 amide bonds. The zero-order chi connectivity index (χ0) is 15.5. The molecule has 0 aliphatic heterocycles. The SMILES string of the molecule is CCCNCCNC(=O)CNC(=O)Cc1cccc(F)c1.Cl. The van der Waals surface area contributed by atoms with E-state index in [0.717, 1.165) is 13.0 Å². The van der Waals surface area contributed by atoms with Gasteiger partial charge >= 0.3 is 0 Å². The van der Waals surface area contributed by atoms with Gasteiger partial charge in [0.05, 0.1) is 13.0 Å². The van der Waals surface area contributed by atoms with Crippen LogP contribution in [0.3, 0.4) is 0 Å². The summed E-state index contributed by atoms with van der Waals surface area (Å²) in [5.41, 5.74) is 0.580. The second kappa shape index (κ2) is 11.9. The van der Waals surface area contributed by atoms with Gasteiger partial charge in [0.2, 0.25) is 11.8 Å². The van der Waals surface area contributed by atoms with E-state index in [2.05, 4.69) is 22.9 Å². The number of hydrogen-bond acceptors (Lipinski definition) is 3. The van der Waals surface area contributed by atoms with Gasteiger partial charge < -0.3 is 16.0 Å². The van der Waals surface area contributed by atoms with E-state index in [4.69, 9.17) is 0 Å². The second-order valence-electron chi connectivity index (χ2n) is 4.68. The number of hydrogen-bond donors (Lipinski definition) is 3. The topological polar surface area (TPSA) is 70.2 Å². The van der Waals surface area contributed by atoms with Crippen LogP contribution in [0.1, 0.15) is 18.9 Å². The van der Waals surface area contributed by atoms with Gasteiger partial charge in [-0.2, -0.15) is 0 Å². The maximum atomic E-state index is 13.0. The van der Waals surface area contributed by atoms with Gasteiger partial charge in [-0.3, -0.25) is 9.59 Å². The first-order chi connectivity index (χ1) is 10.1. The van der Waals surface area contributed by atoms with Crippen molar-refractivity contribution in [3.8, 4) is 0 Å². The third kappa shape index (κ3) is 9.31.